The van der Waals surface area contributed by atoms with Gasteiger partial charge in [-0.3, -0.25) is 0 Å². The molecule has 6 rings (SSSR count). The maximum atomic E-state index is 13.3. The summed E-state index contributed by atoms with van der Waals surface area (Å²) >= 11 is 5.98. The van der Waals surface area contributed by atoms with Crippen molar-refractivity contribution in [1.29, 1.82) is 0 Å². The third kappa shape index (κ3) is 4.49. The van der Waals surface area contributed by atoms with Crippen LogP contribution in [0.15, 0.2) is 95.8 Å². The van der Waals surface area contributed by atoms with Gasteiger partial charge in [-0.15, -0.1) is 0 Å². The molecule has 37 heavy (non-hydrogen) atoms. The Morgan fingerprint density at radius 2 is 1.62 bits per heavy atom. The number of halogens is 1. The van der Waals surface area contributed by atoms with Crippen LogP contribution in [0.1, 0.15) is 24.0 Å². The van der Waals surface area contributed by atoms with Gasteiger partial charge in [-0.25, -0.2) is 8.42 Å². The Hall–Kier alpha value is -3.00. The summed E-state index contributed by atoms with van der Waals surface area (Å²) in [6.07, 6.45) is 4.03. The van der Waals surface area contributed by atoms with Gasteiger partial charge in [0, 0.05) is 42.2 Å². The lowest BCUT2D eigenvalue weighted by Crippen LogP contribution is -2.48. The first-order chi connectivity index (χ1) is 18.0. The summed E-state index contributed by atoms with van der Waals surface area (Å²) in [4.78, 5) is 2.72. The zero-order valence-electron chi connectivity index (χ0n) is 20.4. The van der Waals surface area contributed by atoms with E-state index in [-0.39, 0.29) is 23.1 Å². The number of sulfonamides is 1. The molecular weight excluding hydrogens is 508 g/mol. The lowest BCUT2D eigenvalue weighted by atomic mass is 9.75. The highest BCUT2D eigenvalue weighted by molar-refractivity contribution is 7.89. The van der Waals surface area contributed by atoms with Gasteiger partial charge in [-0.05, 0) is 54.3 Å². The summed E-state index contributed by atoms with van der Waals surface area (Å²) in [6.45, 7) is 1.98. The van der Waals surface area contributed by atoms with Crippen molar-refractivity contribution >= 4 is 27.3 Å². The third-order valence-electron chi connectivity index (χ3n) is 7.86. The minimum absolute atomic E-state index is 0.0127. The van der Waals surface area contributed by atoms with E-state index in [4.69, 9.17) is 21.1 Å². The highest BCUT2D eigenvalue weighted by atomic mass is 35.5. The molecule has 3 aromatic carbocycles. The zero-order chi connectivity index (χ0) is 25.5. The maximum absolute atomic E-state index is 13.3. The molecule has 0 aromatic heterocycles. The monoisotopic (exact) mass is 536 g/mol. The summed E-state index contributed by atoms with van der Waals surface area (Å²) in [7, 11) is -3.57. The average Bonchev–Trinajstić information content (AvgIpc) is 3.56. The molecule has 1 fully saturated rings. The Bertz CT molecular complexity index is 1400. The molecule has 0 amide bonds. The number of hydrogen-bond acceptors (Lipinski definition) is 5. The Balaban J connectivity index is 1.28. The summed E-state index contributed by atoms with van der Waals surface area (Å²) < 4.78 is 39.7. The molecule has 1 unspecified atom stereocenters. The Morgan fingerprint density at radius 1 is 0.919 bits per heavy atom. The normalized spacial score (nSPS) is 19.7. The van der Waals surface area contributed by atoms with E-state index in [9.17, 15) is 8.42 Å². The smallest absolute Gasteiger partial charge is 0.243 e. The predicted octanol–water partition coefficient (Wildman–Crippen LogP) is 5.34. The lowest BCUT2D eigenvalue weighted by molar-refractivity contribution is 0.0748. The average molecular weight is 537 g/mol. The molecule has 6 nitrogen and oxygen atoms in total. The molecule has 0 bridgehead atoms. The van der Waals surface area contributed by atoms with Crippen LogP contribution in [0.25, 0.3) is 0 Å². The maximum Gasteiger partial charge on any atom is 0.243 e. The Morgan fingerprint density at radius 3 is 2.32 bits per heavy atom. The van der Waals surface area contributed by atoms with Crippen molar-refractivity contribution in [3.05, 3.63) is 107 Å². The standard InChI is InChI=1S/C29H29ClN2O4S/c30-23-10-12-24(13-11-23)37(33,34)31-16-14-29(15-17-31)20-32(26-9-5-4-8-25(26)29)27(28-19-35-21-36-28)18-22-6-2-1-3-7-22/h1-13,19,27H,14-18,20-21H2. The number of benzene rings is 3. The molecule has 8 heteroatoms. The van der Waals surface area contributed by atoms with Crippen molar-refractivity contribution in [2.24, 2.45) is 0 Å². The lowest BCUT2D eigenvalue weighted by Gasteiger charge is -2.40. The molecule has 3 aromatic rings. The minimum atomic E-state index is -3.57. The van der Waals surface area contributed by atoms with Crippen LogP contribution in [0.3, 0.4) is 0 Å². The first-order valence-electron chi connectivity index (χ1n) is 12.6. The van der Waals surface area contributed by atoms with E-state index in [1.54, 1.807) is 34.8 Å². The molecule has 3 heterocycles. The van der Waals surface area contributed by atoms with E-state index in [1.165, 1.54) is 16.8 Å². The van der Waals surface area contributed by atoms with Crippen molar-refractivity contribution in [1.82, 2.24) is 4.31 Å². The highest BCUT2D eigenvalue weighted by Gasteiger charge is 2.48. The van der Waals surface area contributed by atoms with E-state index in [0.717, 1.165) is 31.6 Å². The Labute approximate surface area is 223 Å². The summed E-state index contributed by atoms with van der Waals surface area (Å²) in [6, 6.07) is 25.4. The van der Waals surface area contributed by atoms with Crippen molar-refractivity contribution in [3.63, 3.8) is 0 Å². The number of fused-ring (bicyclic) bond motifs is 2. The van der Waals surface area contributed by atoms with Crippen LogP contribution in [0.5, 0.6) is 0 Å². The first kappa shape index (κ1) is 24.3. The fraction of sp³-hybridized carbons (Fsp3) is 0.310. The molecule has 0 aliphatic carbocycles. The highest BCUT2D eigenvalue weighted by Crippen LogP contribution is 2.49. The molecule has 0 radical (unpaired) electrons. The second kappa shape index (κ2) is 9.71. The molecule has 1 atom stereocenters. The number of rotatable bonds is 6. The van der Waals surface area contributed by atoms with Gasteiger partial charge < -0.3 is 14.4 Å². The van der Waals surface area contributed by atoms with Crippen molar-refractivity contribution < 1.29 is 17.9 Å². The van der Waals surface area contributed by atoms with E-state index in [1.807, 2.05) is 6.07 Å². The SMILES string of the molecule is O=S(=O)(c1ccc(Cl)cc1)N1CCC2(CC1)CN(C(Cc1ccccc1)C1=COCO1)c1ccccc12. The largest absolute Gasteiger partial charge is 0.462 e. The van der Waals surface area contributed by atoms with Crippen LogP contribution < -0.4 is 4.90 Å². The van der Waals surface area contributed by atoms with E-state index >= 15 is 0 Å². The quantitative estimate of drug-likeness (QED) is 0.425. The van der Waals surface area contributed by atoms with Gasteiger partial charge in [0.15, 0.2) is 5.76 Å². The number of piperidine rings is 1. The van der Waals surface area contributed by atoms with Gasteiger partial charge >= 0.3 is 0 Å². The van der Waals surface area contributed by atoms with E-state index in [2.05, 4.69) is 53.4 Å². The number of ether oxygens (including phenoxy) is 2. The van der Waals surface area contributed by atoms with Crippen LogP contribution in [0.4, 0.5) is 5.69 Å². The minimum Gasteiger partial charge on any atom is -0.462 e. The van der Waals surface area contributed by atoms with Gasteiger partial charge in [0.1, 0.15) is 6.26 Å². The molecule has 1 spiro atoms. The fourth-order valence-electron chi connectivity index (χ4n) is 5.91. The third-order valence-corrected chi connectivity index (χ3v) is 10.0. The fourth-order valence-corrected chi connectivity index (χ4v) is 7.48. The molecule has 0 saturated carbocycles. The second-order valence-corrected chi connectivity index (χ2v) is 12.3. The van der Waals surface area contributed by atoms with Crippen molar-refractivity contribution in [3.8, 4) is 0 Å². The van der Waals surface area contributed by atoms with Gasteiger partial charge in [-0.2, -0.15) is 4.31 Å². The predicted molar refractivity (Wildman–Crippen MR) is 144 cm³/mol. The number of anilines is 1. The number of para-hydroxylation sites is 1. The molecule has 3 aliphatic heterocycles. The van der Waals surface area contributed by atoms with Gasteiger partial charge in [0.2, 0.25) is 16.8 Å². The molecule has 3 aliphatic rings. The van der Waals surface area contributed by atoms with E-state index < -0.39 is 10.0 Å². The molecule has 0 N–H and O–H groups in total. The van der Waals surface area contributed by atoms with Gasteiger partial charge in [0.25, 0.3) is 0 Å². The summed E-state index contributed by atoms with van der Waals surface area (Å²) in [5.41, 5.74) is 3.58. The van der Waals surface area contributed by atoms with Crippen LogP contribution in [0.2, 0.25) is 5.02 Å². The second-order valence-electron chi connectivity index (χ2n) is 9.94. The topological polar surface area (TPSA) is 59.1 Å². The summed E-state index contributed by atoms with van der Waals surface area (Å²) in [5.74, 6) is 0.832. The van der Waals surface area contributed by atoms with Crippen LogP contribution >= 0.6 is 11.6 Å². The van der Waals surface area contributed by atoms with Crippen LogP contribution in [-0.2, 0) is 31.3 Å². The van der Waals surface area contributed by atoms with Crippen molar-refractivity contribution in [2.45, 2.75) is 35.6 Å². The van der Waals surface area contributed by atoms with Crippen molar-refractivity contribution in [2.75, 3.05) is 31.3 Å². The van der Waals surface area contributed by atoms with E-state index in [0.29, 0.717) is 18.1 Å². The molecule has 1 saturated heterocycles. The van der Waals surface area contributed by atoms with Gasteiger partial charge in [-0.1, -0.05) is 60.1 Å². The Kier molecular flexibility index (Phi) is 6.39. The number of nitrogens with zero attached hydrogens (tertiary/aromatic N) is 2. The van der Waals surface area contributed by atoms with Gasteiger partial charge in [0.05, 0.1) is 10.9 Å². The van der Waals surface area contributed by atoms with Crippen LogP contribution in [0, 0.1) is 0 Å². The van der Waals surface area contributed by atoms with Crippen LogP contribution in [-0.4, -0.2) is 45.2 Å². The number of hydrogen-bond donors (Lipinski definition) is 0. The molecule has 192 valence electrons. The summed E-state index contributed by atoms with van der Waals surface area (Å²) in [5, 5.41) is 0.524. The zero-order valence-corrected chi connectivity index (χ0v) is 22.0. The molecular formula is C29H29ClN2O4S. The first-order valence-corrected chi connectivity index (χ1v) is 14.4.